The van der Waals surface area contributed by atoms with Crippen molar-refractivity contribution in [2.24, 2.45) is 10.9 Å². The van der Waals surface area contributed by atoms with Crippen LogP contribution in [-0.2, 0) is 20.9 Å². The normalized spacial score (nSPS) is 16.3. The van der Waals surface area contributed by atoms with Crippen molar-refractivity contribution in [3.8, 4) is 22.7 Å². The number of amidine groups is 1. The number of rotatable bonds is 8. The van der Waals surface area contributed by atoms with Gasteiger partial charge in [-0.15, -0.1) is 0 Å². The van der Waals surface area contributed by atoms with Gasteiger partial charge in [-0.05, 0) is 80.1 Å². The number of ether oxygens (including phenoxy) is 2. The summed E-state index contributed by atoms with van der Waals surface area (Å²) in [4.78, 5) is 32.2. The summed E-state index contributed by atoms with van der Waals surface area (Å²) in [5, 5.41) is 6.24. The van der Waals surface area contributed by atoms with Gasteiger partial charge in [-0.3, -0.25) is 9.59 Å². The lowest BCUT2D eigenvalue weighted by atomic mass is 9.97. The fourth-order valence-corrected chi connectivity index (χ4v) is 6.30. The van der Waals surface area contributed by atoms with Gasteiger partial charge in [-0.1, -0.05) is 48.0 Å². The van der Waals surface area contributed by atoms with E-state index in [1.54, 1.807) is 0 Å². The van der Waals surface area contributed by atoms with E-state index in [1.165, 1.54) is 11.8 Å². The summed E-state index contributed by atoms with van der Waals surface area (Å²) in [5.74, 6) is 0.179. The van der Waals surface area contributed by atoms with Crippen LogP contribution in [0.2, 0.25) is 5.02 Å². The van der Waals surface area contributed by atoms with Gasteiger partial charge in [0.1, 0.15) is 12.4 Å². The molecule has 0 bridgehead atoms. The molecule has 44 heavy (non-hydrogen) atoms. The number of likely N-dealkylation sites (tertiary alicyclic amines) is 1. The van der Waals surface area contributed by atoms with Gasteiger partial charge in [-0.25, -0.2) is 4.68 Å². The topological polar surface area (TPSA) is 86.0 Å². The highest BCUT2D eigenvalue weighted by molar-refractivity contribution is 8.18. The van der Waals surface area contributed by atoms with E-state index < -0.39 is 0 Å². The first-order chi connectivity index (χ1) is 21.5. The minimum atomic E-state index is -0.278. The number of aliphatic imine (C=N–C) groups is 1. The molecule has 3 heterocycles. The Kier molecular flexibility index (Phi) is 9.14. The number of esters is 1. The van der Waals surface area contributed by atoms with Crippen LogP contribution in [0.1, 0.15) is 30.9 Å². The molecule has 1 saturated heterocycles. The van der Waals surface area contributed by atoms with E-state index in [-0.39, 0.29) is 17.8 Å². The average Bonchev–Trinajstić information content (AvgIpc) is 3.65. The molecule has 0 spiro atoms. The monoisotopic (exact) mass is 626 g/mol. The minimum absolute atomic E-state index is 0.108. The van der Waals surface area contributed by atoms with Crippen LogP contribution in [0.4, 0.5) is 0 Å². The van der Waals surface area contributed by atoms with Crippen molar-refractivity contribution in [2.75, 3.05) is 19.7 Å². The summed E-state index contributed by atoms with van der Waals surface area (Å²) >= 11 is 7.64. The Morgan fingerprint density at radius 2 is 1.75 bits per heavy atom. The standard InChI is InChI=1S/C34H31ClN4O4S/c1-2-42-33(41)24-16-18-38(19-17-24)34-36-32(40)30(44-34)20-26-21-39(27-9-4-3-5-10-27)37-31(26)23-12-14-28(15-13-23)43-22-25-8-6-7-11-29(25)35/h3-15,20-21,24H,2,16-19,22H2,1H3/b30-20-. The first-order valence-corrected chi connectivity index (χ1v) is 15.7. The molecule has 8 nitrogen and oxygen atoms in total. The molecule has 10 heteroatoms. The molecular weight excluding hydrogens is 596 g/mol. The van der Waals surface area contributed by atoms with Crippen LogP contribution >= 0.6 is 23.4 Å². The molecule has 0 unspecified atom stereocenters. The zero-order chi connectivity index (χ0) is 30.5. The number of carbonyl (C=O) groups excluding carboxylic acids is 2. The molecule has 0 saturated carbocycles. The molecule has 1 aromatic heterocycles. The van der Waals surface area contributed by atoms with Gasteiger partial charge in [0.15, 0.2) is 5.17 Å². The highest BCUT2D eigenvalue weighted by atomic mass is 35.5. The number of piperidine rings is 1. The van der Waals surface area contributed by atoms with E-state index in [1.807, 2.05) is 103 Å². The van der Waals surface area contributed by atoms with Crippen LogP contribution in [0.5, 0.6) is 5.75 Å². The zero-order valence-corrected chi connectivity index (χ0v) is 25.8. The van der Waals surface area contributed by atoms with Crippen LogP contribution < -0.4 is 4.74 Å². The second kappa shape index (κ2) is 13.5. The molecule has 0 radical (unpaired) electrons. The number of para-hydroxylation sites is 1. The summed E-state index contributed by atoms with van der Waals surface area (Å²) < 4.78 is 13.0. The van der Waals surface area contributed by atoms with Gasteiger partial charge >= 0.3 is 5.97 Å². The summed E-state index contributed by atoms with van der Waals surface area (Å²) in [6.07, 6.45) is 5.14. The lowest BCUT2D eigenvalue weighted by Gasteiger charge is -2.31. The molecule has 224 valence electrons. The highest BCUT2D eigenvalue weighted by Gasteiger charge is 2.32. The molecule has 3 aromatic carbocycles. The Bertz CT molecular complexity index is 1710. The Labute approximate surface area is 265 Å². The number of hydrogen-bond acceptors (Lipinski definition) is 7. The third kappa shape index (κ3) is 6.74. The van der Waals surface area contributed by atoms with Gasteiger partial charge in [0.05, 0.1) is 28.8 Å². The number of nitrogens with zero attached hydrogens (tertiary/aromatic N) is 4. The van der Waals surface area contributed by atoms with Crippen molar-refractivity contribution in [3.05, 3.63) is 106 Å². The van der Waals surface area contributed by atoms with Gasteiger partial charge in [0, 0.05) is 41.0 Å². The second-order valence-corrected chi connectivity index (χ2v) is 11.9. The van der Waals surface area contributed by atoms with Crippen LogP contribution in [0.15, 0.2) is 95.0 Å². The third-order valence-corrected chi connectivity index (χ3v) is 8.94. The van der Waals surface area contributed by atoms with Crippen molar-refractivity contribution >= 4 is 46.5 Å². The van der Waals surface area contributed by atoms with Crippen molar-refractivity contribution in [1.82, 2.24) is 14.7 Å². The molecule has 1 fully saturated rings. The molecule has 6 rings (SSSR count). The Hall–Kier alpha value is -4.34. The number of aromatic nitrogens is 2. The van der Waals surface area contributed by atoms with Crippen molar-refractivity contribution in [2.45, 2.75) is 26.4 Å². The Balaban J connectivity index is 1.21. The Morgan fingerprint density at radius 1 is 1.02 bits per heavy atom. The van der Waals surface area contributed by atoms with Gasteiger partial charge in [0.25, 0.3) is 5.91 Å². The lowest BCUT2D eigenvalue weighted by Crippen LogP contribution is -2.39. The van der Waals surface area contributed by atoms with E-state index in [0.29, 0.717) is 60.0 Å². The van der Waals surface area contributed by atoms with E-state index >= 15 is 0 Å². The first-order valence-electron chi connectivity index (χ1n) is 14.5. The quantitative estimate of drug-likeness (QED) is 0.153. The Morgan fingerprint density at radius 3 is 2.48 bits per heavy atom. The van der Waals surface area contributed by atoms with Crippen molar-refractivity contribution in [3.63, 3.8) is 0 Å². The number of benzene rings is 3. The van der Waals surface area contributed by atoms with Crippen molar-refractivity contribution < 1.29 is 19.1 Å². The third-order valence-electron chi connectivity index (χ3n) is 7.52. The second-order valence-electron chi connectivity index (χ2n) is 10.4. The molecular formula is C34H31ClN4O4S. The molecule has 2 aliphatic rings. The number of carbonyl (C=O) groups is 2. The van der Waals surface area contributed by atoms with Gasteiger partial charge < -0.3 is 14.4 Å². The minimum Gasteiger partial charge on any atom is -0.489 e. The smallest absolute Gasteiger partial charge is 0.309 e. The fraction of sp³-hybridized carbons (Fsp3) is 0.235. The number of thioether (sulfide) groups is 1. The number of halogens is 1. The van der Waals surface area contributed by atoms with Crippen LogP contribution in [0.3, 0.4) is 0 Å². The van der Waals surface area contributed by atoms with E-state index in [4.69, 9.17) is 26.2 Å². The summed E-state index contributed by atoms with van der Waals surface area (Å²) in [7, 11) is 0. The maximum atomic E-state index is 13.0. The van der Waals surface area contributed by atoms with E-state index in [2.05, 4.69) is 9.89 Å². The molecule has 0 aliphatic carbocycles. The highest BCUT2D eigenvalue weighted by Crippen LogP contribution is 2.35. The summed E-state index contributed by atoms with van der Waals surface area (Å²) in [5.41, 5.74) is 4.24. The first kappa shape index (κ1) is 29.7. The largest absolute Gasteiger partial charge is 0.489 e. The van der Waals surface area contributed by atoms with E-state index in [9.17, 15) is 9.59 Å². The lowest BCUT2D eigenvalue weighted by molar-refractivity contribution is -0.149. The molecule has 2 aliphatic heterocycles. The summed E-state index contributed by atoms with van der Waals surface area (Å²) in [6, 6.07) is 25.2. The van der Waals surface area contributed by atoms with Gasteiger partial charge in [0.2, 0.25) is 0 Å². The molecule has 4 aromatic rings. The number of amides is 1. The fourth-order valence-electron chi connectivity index (χ4n) is 5.16. The maximum absolute atomic E-state index is 13.0. The predicted octanol–water partition coefficient (Wildman–Crippen LogP) is 7.02. The van der Waals surface area contributed by atoms with E-state index in [0.717, 1.165) is 28.1 Å². The number of hydrogen-bond donors (Lipinski definition) is 0. The molecule has 1 amide bonds. The maximum Gasteiger partial charge on any atom is 0.309 e. The van der Waals surface area contributed by atoms with Crippen LogP contribution in [0, 0.1) is 5.92 Å². The zero-order valence-electron chi connectivity index (χ0n) is 24.2. The van der Waals surface area contributed by atoms with Crippen molar-refractivity contribution in [1.29, 1.82) is 0 Å². The summed E-state index contributed by atoms with van der Waals surface area (Å²) in [6.45, 7) is 3.87. The SMILES string of the molecule is CCOC(=O)C1CCN(C2=NC(=O)/C(=C/c3cn(-c4ccccc4)nc3-c3ccc(OCc4ccccc4Cl)cc3)S2)CC1. The average molecular weight is 627 g/mol. The van der Waals surface area contributed by atoms with Gasteiger partial charge in [-0.2, -0.15) is 10.1 Å². The predicted molar refractivity (Wildman–Crippen MR) is 174 cm³/mol. The van der Waals surface area contributed by atoms with Crippen LogP contribution in [0.25, 0.3) is 23.0 Å². The molecule has 0 N–H and O–H groups in total. The molecule has 0 atom stereocenters. The van der Waals surface area contributed by atoms with Crippen LogP contribution in [-0.4, -0.2) is 51.4 Å².